The molecule has 19 rings (SSSR count). The number of rotatable bonds is 4. The summed E-state index contributed by atoms with van der Waals surface area (Å²) in [4.78, 5) is 5.22. The van der Waals surface area contributed by atoms with Crippen LogP contribution in [0.1, 0.15) is 50.1 Å². The third-order valence-corrected chi connectivity index (χ3v) is 19.9. The van der Waals surface area contributed by atoms with Gasteiger partial charge in [-0.1, -0.05) is 243 Å². The van der Waals surface area contributed by atoms with Crippen LogP contribution in [0.2, 0.25) is 0 Å². The lowest BCUT2D eigenvalue weighted by Crippen LogP contribution is -2.61. The molecule has 0 bridgehead atoms. The average Bonchev–Trinajstić information content (AvgIpc) is 1.70. The van der Waals surface area contributed by atoms with Gasteiger partial charge in [0.15, 0.2) is 0 Å². The molecular formula is C81H51BN2. The lowest BCUT2D eigenvalue weighted by molar-refractivity contribution is 0.794. The number of nitrogens with zero attached hydrogens (tertiary/aromatic N) is 2. The van der Waals surface area contributed by atoms with Crippen LogP contribution in [0, 0.1) is 6.92 Å². The molecule has 2 heterocycles. The Morgan fingerprint density at radius 2 is 0.560 bits per heavy atom. The van der Waals surface area contributed by atoms with Crippen molar-refractivity contribution in [2.75, 3.05) is 9.80 Å². The first-order valence-corrected chi connectivity index (χ1v) is 29.6. The molecule has 0 unspecified atom stereocenters. The Hall–Kier alpha value is -10.5. The van der Waals surface area contributed by atoms with E-state index in [-0.39, 0.29) is 6.71 Å². The maximum absolute atomic E-state index is 2.61. The second-order valence-corrected chi connectivity index (χ2v) is 23.8. The van der Waals surface area contributed by atoms with E-state index in [9.17, 15) is 0 Å². The lowest BCUT2D eigenvalue weighted by atomic mass is 9.33. The predicted molar refractivity (Wildman–Crippen MR) is 349 cm³/mol. The molecule has 13 aromatic rings. The van der Waals surface area contributed by atoms with Crippen LogP contribution in [0.15, 0.2) is 291 Å². The second-order valence-electron chi connectivity index (χ2n) is 23.8. The molecule has 0 fully saturated rings. The van der Waals surface area contributed by atoms with Crippen molar-refractivity contribution < 1.29 is 0 Å². The molecule has 0 saturated carbocycles. The minimum Gasteiger partial charge on any atom is -0.311 e. The van der Waals surface area contributed by atoms with Gasteiger partial charge in [-0.2, -0.15) is 0 Å². The van der Waals surface area contributed by atoms with E-state index in [0.717, 1.165) is 11.4 Å². The van der Waals surface area contributed by atoms with Gasteiger partial charge < -0.3 is 9.80 Å². The first-order valence-electron chi connectivity index (χ1n) is 29.6. The Morgan fingerprint density at radius 1 is 0.250 bits per heavy atom. The van der Waals surface area contributed by atoms with Gasteiger partial charge >= 0.3 is 0 Å². The fourth-order valence-electron chi connectivity index (χ4n) is 16.8. The number of aryl methyl sites for hydroxylation is 1. The van der Waals surface area contributed by atoms with Crippen molar-refractivity contribution in [2.24, 2.45) is 0 Å². The molecule has 0 amide bonds. The number of benzene rings is 13. The van der Waals surface area contributed by atoms with Crippen molar-refractivity contribution >= 4 is 57.2 Å². The van der Waals surface area contributed by atoms with Gasteiger partial charge in [0.25, 0.3) is 6.71 Å². The highest BCUT2D eigenvalue weighted by Crippen LogP contribution is 2.65. The van der Waals surface area contributed by atoms with Crippen LogP contribution in [0.4, 0.5) is 34.1 Å². The van der Waals surface area contributed by atoms with Crippen molar-refractivity contribution in [2.45, 2.75) is 17.8 Å². The molecule has 2 aliphatic heterocycles. The summed E-state index contributed by atoms with van der Waals surface area (Å²) in [5.74, 6) is 0. The van der Waals surface area contributed by atoms with Crippen molar-refractivity contribution in [3.05, 3.63) is 341 Å². The van der Waals surface area contributed by atoms with Gasteiger partial charge in [-0.05, 0) is 189 Å². The van der Waals surface area contributed by atoms with E-state index in [4.69, 9.17) is 0 Å². The van der Waals surface area contributed by atoms with Crippen LogP contribution >= 0.6 is 0 Å². The maximum atomic E-state index is 2.61. The zero-order valence-electron chi connectivity index (χ0n) is 46.2. The molecule has 0 aromatic heterocycles. The van der Waals surface area contributed by atoms with Crippen molar-refractivity contribution in [1.82, 2.24) is 0 Å². The smallest absolute Gasteiger partial charge is 0.252 e. The van der Waals surface area contributed by atoms with Gasteiger partial charge in [0.2, 0.25) is 0 Å². The molecule has 2 spiro atoms. The third-order valence-electron chi connectivity index (χ3n) is 19.9. The largest absolute Gasteiger partial charge is 0.311 e. The summed E-state index contributed by atoms with van der Waals surface area (Å²) in [7, 11) is 0. The van der Waals surface area contributed by atoms with Gasteiger partial charge in [-0.3, -0.25) is 0 Å². The van der Waals surface area contributed by atoms with Gasteiger partial charge in [-0.15, -0.1) is 0 Å². The van der Waals surface area contributed by atoms with Crippen LogP contribution in [-0.4, -0.2) is 6.71 Å². The third kappa shape index (κ3) is 5.81. The highest BCUT2D eigenvalue weighted by atomic mass is 15.2. The number of anilines is 6. The van der Waals surface area contributed by atoms with Crippen molar-refractivity contribution in [3.8, 4) is 66.8 Å². The van der Waals surface area contributed by atoms with E-state index in [1.54, 1.807) is 0 Å². The summed E-state index contributed by atoms with van der Waals surface area (Å²) in [5, 5.41) is 0. The summed E-state index contributed by atoms with van der Waals surface area (Å²) in [5.41, 5.74) is 37.4. The van der Waals surface area contributed by atoms with Gasteiger partial charge in [0.1, 0.15) is 0 Å². The van der Waals surface area contributed by atoms with Crippen LogP contribution in [-0.2, 0) is 10.8 Å². The van der Waals surface area contributed by atoms with E-state index in [1.165, 1.54) is 156 Å². The van der Waals surface area contributed by atoms with Crippen LogP contribution < -0.4 is 26.2 Å². The predicted octanol–water partition coefficient (Wildman–Crippen LogP) is 18.1. The highest BCUT2D eigenvalue weighted by Gasteiger charge is 2.54. The quantitative estimate of drug-likeness (QED) is 0.162. The maximum Gasteiger partial charge on any atom is 0.252 e. The summed E-state index contributed by atoms with van der Waals surface area (Å²) < 4.78 is 0. The van der Waals surface area contributed by atoms with E-state index < -0.39 is 10.8 Å². The monoisotopic (exact) mass is 1060 g/mol. The fourth-order valence-corrected chi connectivity index (χ4v) is 16.8. The van der Waals surface area contributed by atoms with Gasteiger partial charge in [0, 0.05) is 34.1 Å². The molecule has 0 radical (unpaired) electrons. The zero-order valence-corrected chi connectivity index (χ0v) is 46.2. The van der Waals surface area contributed by atoms with Crippen molar-refractivity contribution in [1.29, 1.82) is 0 Å². The summed E-state index contributed by atoms with van der Waals surface area (Å²) >= 11 is 0. The SMILES string of the molecule is Cc1cc2c3c(c1)N(c1ccc4c(c1)-c1ccccc1C41c4ccccc4-c4ccccc41)c1ccc(-c4ccccc4)cc1B3c1cc(-c3ccccc3)ccc1N2c1ccc2c(c1)-c1ccccc1C21c2ccccc2-c2ccccc21. The fraction of sp³-hybridized carbons (Fsp3) is 0.0370. The first kappa shape index (κ1) is 46.2. The molecule has 6 aliphatic rings. The average molecular weight is 1060 g/mol. The Balaban J connectivity index is 0.870. The van der Waals surface area contributed by atoms with E-state index in [1.807, 2.05) is 0 Å². The molecule has 0 atom stereocenters. The topological polar surface area (TPSA) is 6.48 Å². The highest BCUT2D eigenvalue weighted by molar-refractivity contribution is 7.00. The standard InChI is InChI=1S/C81H51BN2/c1-50-44-77-79-78(45-50)84(56-39-41-72-64(49-56)62-29-13-19-35-70(62)81(72)67-32-16-10-26-59(67)60-27-11-17-33-68(60)81)76-43-37-54(52-22-6-3-7-23-52)47-74(76)82(79)73-46-53(51-20-4-2-5-21-51)36-42-75(73)83(77)55-38-40-71-63(48-55)61-28-12-18-34-69(61)80(71)65-30-14-8-24-57(65)58-25-9-15-31-66(58)80/h2-49H,1H3. The molecule has 0 saturated heterocycles. The molecule has 4 aliphatic carbocycles. The van der Waals surface area contributed by atoms with Crippen molar-refractivity contribution in [3.63, 3.8) is 0 Å². The van der Waals surface area contributed by atoms with Crippen LogP contribution in [0.3, 0.4) is 0 Å². The normalized spacial score (nSPS) is 14.6. The number of fused-ring (bicyclic) bond motifs is 24. The number of hydrogen-bond donors (Lipinski definition) is 0. The molecule has 3 heteroatoms. The summed E-state index contributed by atoms with van der Waals surface area (Å²) in [6, 6.07) is 111. The van der Waals surface area contributed by atoms with Crippen LogP contribution in [0.25, 0.3) is 66.8 Å². The Bertz CT molecular complexity index is 4610. The molecule has 388 valence electrons. The molecule has 13 aromatic carbocycles. The molecule has 0 N–H and O–H groups in total. The Kier molecular flexibility index (Phi) is 9.24. The lowest BCUT2D eigenvalue weighted by Gasteiger charge is -2.45. The van der Waals surface area contributed by atoms with E-state index >= 15 is 0 Å². The van der Waals surface area contributed by atoms with E-state index in [0.29, 0.717) is 0 Å². The minimum atomic E-state index is -0.434. The van der Waals surface area contributed by atoms with Gasteiger partial charge in [0.05, 0.1) is 10.8 Å². The Labute approximate surface area is 490 Å². The Morgan fingerprint density at radius 3 is 0.917 bits per heavy atom. The zero-order chi connectivity index (χ0) is 55.0. The van der Waals surface area contributed by atoms with Crippen LogP contribution in [0.5, 0.6) is 0 Å². The minimum absolute atomic E-state index is 0.0877. The number of hydrogen-bond acceptors (Lipinski definition) is 2. The first-order chi connectivity index (χ1) is 41.6. The molecule has 2 nitrogen and oxygen atoms in total. The summed E-state index contributed by atoms with van der Waals surface area (Å²) in [6.07, 6.45) is 0. The van der Waals surface area contributed by atoms with Gasteiger partial charge in [-0.25, -0.2) is 0 Å². The molecular weight excluding hydrogens is 1010 g/mol. The second kappa shape index (κ2) is 16.8. The molecule has 84 heavy (non-hydrogen) atoms. The van der Waals surface area contributed by atoms with E-state index in [2.05, 4.69) is 308 Å². The summed E-state index contributed by atoms with van der Waals surface area (Å²) in [6.45, 7) is 2.20.